The molecule has 1 fully saturated rings. The first-order chi connectivity index (χ1) is 6.72. The average molecular weight is 194 g/mol. The van der Waals surface area contributed by atoms with Crippen LogP contribution >= 0.6 is 0 Å². The van der Waals surface area contributed by atoms with E-state index in [9.17, 15) is 4.79 Å². The van der Waals surface area contributed by atoms with Crippen LogP contribution in [0.3, 0.4) is 0 Å². The summed E-state index contributed by atoms with van der Waals surface area (Å²) in [4.78, 5) is 11.6. The molecule has 2 atom stereocenters. The maximum Gasteiger partial charge on any atom is 0.271 e. The minimum Gasteiger partial charge on any atom is -0.396 e. The molecule has 0 radical (unpaired) electrons. The molecule has 5 heteroatoms. The van der Waals surface area contributed by atoms with Crippen molar-refractivity contribution in [2.45, 2.75) is 25.8 Å². The number of nitrogen functional groups attached to an aromatic ring is 1. The van der Waals surface area contributed by atoms with Crippen LogP contribution in [0.25, 0.3) is 0 Å². The van der Waals surface area contributed by atoms with Gasteiger partial charge in [-0.05, 0) is 12.3 Å². The van der Waals surface area contributed by atoms with E-state index in [1.165, 1.54) is 6.20 Å². The van der Waals surface area contributed by atoms with Gasteiger partial charge in [0.2, 0.25) is 0 Å². The number of carbonyl (C=O) groups is 1. The maximum absolute atomic E-state index is 11.6. The van der Waals surface area contributed by atoms with Gasteiger partial charge in [0.15, 0.2) is 0 Å². The van der Waals surface area contributed by atoms with E-state index in [1.54, 1.807) is 0 Å². The topological polar surface area (TPSA) is 83.8 Å². The van der Waals surface area contributed by atoms with Crippen molar-refractivity contribution in [1.82, 2.24) is 15.5 Å². The molecule has 2 unspecified atom stereocenters. The van der Waals surface area contributed by atoms with E-state index in [0.29, 0.717) is 23.3 Å². The Hall–Kier alpha value is -1.52. The maximum atomic E-state index is 11.6. The van der Waals surface area contributed by atoms with Crippen LogP contribution in [0.1, 0.15) is 30.3 Å². The summed E-state index contributed by atoms with van der Waals surface area (Å²) in [5.74, 6) is 0.490. The van der Waals surface area contributed by atoms with E-state index in [1.807, 2.05) is 0 Å². The second-order valence-corrected chi connectivity index (χ2v) is 3.68. The fraction of sp³-hybridized carbons (Fsp3) is 0.556. The zero-order valence-corrected chi connectivity index (χ0v) is 8.08. The standard InChI is InChI=1S/C9H14N4O/c1-2-5-3-7(5)12-9(14)8-6(10)4-11-13-8/h4-5,7H,2-3,10H2,1H3,(H,11,13)(H,12,14). The van der Waals surface area contributed by atoms with Gasteiger partial charge in [-0.25, -0.2) is 0 Å². The van der Waals surface area contributed by atoms with Gasteiger partial charge in [0.25, 0.3) is 5.91 Å². The molecule has 5 nitrogen and oxygen atoms in total. The van der Waals surface area contributed by atoms with Crippen molar-refractivity contribution in [3.8, 4) is 0 Å². The SMILES string of the molecule is CCC1CC1NC(=O)c1[nH]ncc1N. The highest BCUT2D eigenvalue weighted by Crippen LogP contribution is 2.33. The number of H-pyrrole nitrogens is 1. The van der Waals surface area contributed by atoms with Crippen LogP contribution in [0, 0.1) is 5.92 Å². The second-order valence-electron chi connectivity index (χ2n) is 3.68. The number of anilines is 1. The van der Waals surface area contributed by atoms with Crippen LogP contribution < -0.4 is 11.1 Å². The Balaban J connectivity index is 1.94. The molecular weight excluding hydrogens is 180 g/mol. The van der Waals surface area contributed by atoms with E-state index in [0.717, 1.165) is 12.8 Å². The number of rotatable bonds is 3. The van der Waals surface area contributed by atoms with Crippen LogP contribution in [0.2, 0.25) is 0 Å². The van der Waals surface area contributed by atoms with Crippen molar-refractivity contribution in [3.05, 3.63) is 11.9 Å². The van der Waals surface area contributed by atoms with Gasteiger partial charge in [-0.15, -0.1) is 0 Å². The summed E-state index contributed by atoms with van der Waals surface area (Å²) < 4.78 is 0. The minimum absolute atomic E-state index is 0.152. The first kappa shape index (κ1) is 9.05. The fourth-order valence-corrected chi connectivity index (χ4v) is 1.59. The molecule has 1 aromatic heterocycles. The third kappa shape index (κ3) is 1.57. The zero-order valence-electron chi connectivity index (χ0n) is 8.08. The summed E-state index contributed by atoms with van der Waals surface area (Å²) in [6.45, 7) is 2.13. The Kier molecular flexibility index (Phi) is 2.15. The number of hydrogen-bond donors (Lipinski definition) is 3. The molecule has 1 heterocycles. The quantitative estimate of drug-likeness (QED) is 0.656. The van der Waals surface area contributed by atoms with Gasteiger partial charge in [-0.2, -0.15) is 5.10 Å². The monoisotopic (exact) mass is 194 g/mol. The van der Waals surface area contributed by atoms with Crippen molar-refractivity contribution < 1.29 is 4.79 Å². The molecule has 14 heavy (non-hydrogen) atoms. The number of aromatic amines is 1. The number of nitrogens with zero attached hydrogens (tertiary/aromatic N) is 1. The highest BCUT2D eigenvalue weighted by Gasteiger charge is 2.36. The van der Waals surface area contributed by atoms with Gasteiger partial charge in [0.05, 0.1) is 11.9 Å². The third-order valence-electron chi connectivity index (χ3n) is 2.66. The lowest BCUT2D eigenvalue weighted by Crippen LogP contribution is -2.27. The summed E-state index contributed by atoms with van der Waals surface area (Å²) in [6, 6.07) is 0.329. The molecule has 1 aliphatic carbocycles. The molecule has 1 aromatic rings. The van der Waals surface area contributed by atoms with Crippen molar-refractivity contribution >= 4 is 11.6 Å². The summed E-state index contributed by atoms with van der Waals surface area (Å²) in [5.41, 5.74) is 6.32. The molecule has 1 aliphatic rings. The molecule has 2 rings (SSSR count). The Labute approximate surface area is 82.1 Å². The number of carbonyl (C=O) groups excluding carboxylic acids is 1. The van der Waals surface area contributed by atoms with Crippen LogP contribution in [0.4, 0.5) is 5.69 Å². The summed E-state index contributed by atoms with van der Waals surface area (Å²) in [5, 5.41) is 9.19. The Morgan fingerprint density at radius 3 is 3.14 bits per heavy atom. The third-order valence-corrected chi connectivity index (χ3v) is 2.66. The van der Waals surface area contributed by atoms with Gasteiger partial charge < -0.3 is 11.1 Å². The van der Waals surface area contributed by atoms with E-state index in [-0.39, 0.29) is 5.91 Å². The molecular formula is C9H14N4O. The summed E-state index contributed by atoms with van der Waals surface area (Å²) in [7, 11) is 0. The van der Waals surface area contributed by atoms with E-state index < -0.39 is 0 Å². The lowest BCUT2D eigenvalue weighted by molar-refractivity contribution is 0.0945. The van der Waals surface area contributed by atoms with Crippen molar-refractivity contribution in [2.24, 2.45) is 5.92 Å². The van der Waals surface area contributed by atoms with Gasteiger partial charge in [-0.1, -0.05) is 13.3 Å². The number of aromatic nitrogens is 2. The normalized spacial score (nSPS) is 24.6. The van der Waals surface area contributed by atoms with E-state index >= 15 is 0 Å². The lowest BCUT2D eigenvalue weighted by Gasteiger charge is -2.02. The van der Waals surface area contributed by atoms with E-state index in [2.05, 4.69) is 22.4 Å². The van der Waals surface area contributed by atoms with Crippen LogP contribution in [0.5, 0.6) is 0 Å². The second kappa shape index (κ2) is 3.32. The largest absolute Gasteiger partial charge is 0.396 e. The number of nitrogens with one attached hydrogen (secondary N) is 2. The zero-order chi connectivity index (χ0) is 10.1. The van der Waals surface area contributed by atoms with Crippen molar-refractivity contribution in [2.75, 3.05) is 5.73 Å². The fourth-order valence-electron chi connectivity index (χ4n) is 1.59. The van der Waals surface area contributed by atoms with Gasteiger partial charge in [0, 0.05) is 6.04 Å². The number of amides is 1. The molecule has 0 saturated heterocycles. The molecule has 76 valence electrons. The Morgan fingerprint density at radius 1 is 1.86 bits per heavy atom. The van der Waals surface area contributed by atoms with E-state index in [4.69, 9.17) is 5.73 Å². The summed E-state index contributed by atoms with van der Waals surface area (Å²) in [6.07, 6.45) is 3.64. The Bertz CT molecular complexity index is 346. The molecule has 0 spiro atoms. The molecule has 0 aromatic carbocycles. The van der Waals surface area contributed by atoms with Gasteiger partial charge in [-0.3, -0.25) is 9.89 Å². The van der Waals surface area contributed by atoms with Crippen molar-refractivity contribution in [3.63, 3.8) is 0 Å². The highest BCUT2D eigenvalue weighted by molar-refractivity contribution is 5.97. The van der Waals surface area contributed by atoms with Gasteiger partial charge in [0.1, 0.15) is 5.69 Å². The van der Waals surface area contributed by atoms with Gasteiger partial charge >= 0.3 is 0 Å². The average Bonchev–Trinajstić information content (AvgIpc) is 2.77. The molecule has 0 bridgehead atoms. The molecule has 1 amide bonds. The predicted octanol–water partition coefficient (Wildman–Crippen LogP) is 0.520. The molecule has 1 saturated carbocycles. The Morgan fingerprint density at radius 2 is 2.64 bits per heavy atom. The smallest absolute Gasteiger partial charge is 0.271 e. The molecule has 0 aliphatic heterocycles. The van der Waals surface area contributed by atoms with Crippen molar-refractivity contribution in [1.29, 1.82) is 0 Å². The van der Waals surface area contributed by atoms with Crippen LogP contribution in [0.15, 0.2) is 6.20 Å². The first-order valence-corrected chi connectivity index (χ1v) is 4.82. The highest BCUT2D eigenvalue weighted by atomic mass is 16.2. The predicted molar refractivity (Wildman–Crippen MR) is 52.7 cm³/mol. The summed E-state index contributed by atoms with van der Waals surface area (Å²) >= 11 is 0. The minimum atomic E-state index is -0.152. The van der Waals surface area contributed by atoms with Crippen LogP contribution in [-0.2, 0) is 0 Å². The molecule has 4 N–H and O–H groups in total. The lowest BCUT2D eigenvalue weighted by atomic mass is 10.3. The van der Waals surface area contributed by atoms with Crippen LogP contribution in [-0.4, -0.2) is 22.1 Å². The number of hydrogen-bond acceptors (Lipinski definition) is 3. The first-order valence-electron chi connectivity index (χ1n) is 4.82. The number of nitrogens with two attached hydrogens (primary N) is 1.